The van der Waals surface area contributed by atoms with Gasteiger partial charge >= 0.3 is 0 Å². The maximum absolute atomic E-state index is 11.9. The van der Waals surface area contributed by atoms with Gasteiger partial charge in [0.2, 0.25) is 5.91 Å². The number of rotatable bonds is 3. The van der Waals surface area contributed by atoms with Gasteiger partial charge in [0, 0.05) is 37.8 Å². The monoisotopic (exact) mass is 328 g/mol. The van der Waals surface area contributed by atoms with Crippen LogP contribution in [0.3, 0.4) is 0 Å². The van der Waals surface area contributed by atoms with Crippen molar-refractivity contribution in [2.75, 3.05) is 24.5 Å². The maximum Gasteiger partial charge on any atom is 0.252 e. The van der Waals surface area contributed by atoms with E-state index in [9.17, 15) is 9.59 Å². The molecule has 1 aliphatic carbocycles. The third kappa shape index (κ3) is 2.64. The number of anilines is 1. The summed E-state index contributed by atoms with van der Waals surface area (Å²) in [6.45, 7) is 2.54. The van der Waals surface area contributed by atoms with Gasteiger partial charge in [-0.1, -0.05) is 0 Å². The van der Waals surface area contributed by atoms with E-state index in [1.807, 2.05) is 11.0 Å². The number of pyridine rings is 1. The molecule has 0 atom stereocenters. The normalized spacial score (nSPS) is 21.4. The van der Waals surface area contributed by atoms with Gasteiger partial charge in [0.05, 0.1) is 5.56 Å². The van der Waals surface area contributed by atoms with Crippen LogP contribution in [0.15, 0.2) is 6.07 Å². The minimum absolute atomic E-state index is 0.293. The summed E-state index contributed by atoms with van der Waals surface area (Å²) in [5.41, 5.74) is 8.44. The van der Waals surface area contributed by atoms with Crippen LogP contribution in [-0.4, -0.2) is 47.4 Å². The summed E-state index contributed by atoms with van der Waals surface area (Å²) >= 11 is 0. The summed E-state index contributed by atoms with van der Waals surface area (Å²) in [4.78, 5) is 32.8. The van der Waals surface area contributed by atoms with E-state index in [1.165, 1.54) is 5.56 Å². The molecule has 3 heterocycles. The maximum atomic E-state index is 11.9. The van der Waals surface area contributed by atoms with Crippen LogP contribution < -0.4 is 10.6 Å². The molecule has 128 valence electrons. The summed E-state index contributed by atoms with van der Waals surface area (Å²) in [5.74, 6) is 0.639. The van der Waals surface area contributed by atoms with Crippen LogP contribution in [0.25, 0.3) is 0 Å². The number of aromatic nitrogens is 1. The highest BCUT2D eigenvalue weighted by molar-refractivity contribution is 5.98. The van der Waals surface area contributed by atoms with Gasteiger partial charge in [0.25, 0.3) is 5.91 Å². The number of aryl methyl sites for hydroxylation is 2. The molecule has 2 amide bonds. The van der Waals surface area contributed by atoms with Gasteiger partial charge in [-0.3, -0.25) is 9.59 Å². The number of likely N-dealkylation sites (tertiary alicyclic amines) is 1. The second kappa shape index (κ2) is 6.07. The minimum atomic E-state index is -0.399. The van der Waals surface area contributed by atoms with E-state index in [4.69, 9.17) is 10.7 Å². The number of carbonyl (C=O) groups is 2. The van der Waals surface area contributed by atoms with E-state index in [1.54, 1.807) is 0 Å². The molecule has 0 bridgehead atoms. The zero-order chi connectivity index (χ0) is 16.7. The molecule has 2 N–H and O–H groups in total. The van der Waals surface area contributed by atoms with Crippen LogP contribution in [0.5, 0.6) is 0 Å². The SMILES string of the molecule is NC(=O)c1cc2c(nc1N1CCC(N3CCCC3=O)CC1)CCC2. The molecular weight excluding hydrogens is 304 g/mol. The average Bonchev–Trinajstić information content (AvgIpc) is 3.21. The van der Waals surface area contributed by atoms with Crippen molar-refractivity contribution < 1.29 is 9.59 Å². The van der Waals surface area contributed by atoms with E-state index < -0.39 is 5.91 Å². The average molecular weight is 328 g/mol. The third-order valence-electron chi connectivity index (χ3n) is 5.61. The number of fused-ring (bicyclic) bond motifs is 1. The Bertz CT molecular complexity index is 680. The predicted octanol–water partition coefficient (Wildman–Crippen LogP) is 1.26. The van der Waals surface area contributed by atoms with Gasteiger partial charge < -0.3 is 15.5 Å². The standard InChI is InChI=1S/C18H24N4O2/c19-17(24)14-11-12-3-1-4-15(12)20-18(14)21-9-6-13(7-10-21)22-8-2-5-16(22)23/h11,13H,1-10H2,(H2,19,24). The Morgan fingerprint density at radius 3 is 2.58 bits per heavy atom. The molecule has 1 aromatic heterocycles. The second-order valence-corrected chi connectivity index (χ2v) is 7.09. The van der Waals surface area contributed by atoms with Crippen LogP contribution in [-0.2, 0) is 17.6 Å². The first-order valence-corrected chi connectivity index (χ1v) is 9.00. The van der Waals surface area contributed by atoms with Gasteiger partial charge in [0.15, 0.2) is 0 Å². The molecule has 4 rings (SSSR count). The molecule has 0 aromatic carbocycles. The van der Waals surface area contributed by atoms with E-state index >= 15 is 0 Å². The lowest BCUT2D eigenvalue weighted by Gasteiger charge is -2.37. The summed E-state index contributed by atoms with van der Waals surface area (Å²) in [6, 6.07) is 2.28. The summed E-state index contributed by atoms with van der Waals surface area (Å²) < 4.78 is 0. The molecule has 3 aliphatic rings. The van der Waals surface area contributed by atoms with Crippen molar-refractivity contribution in [2.24, 2.45) is 5.73 Å². The fraction of sp³-hybridized carbons (Fsp3) is 0.611. The van der Waals surface area contributed by atoms with Gasteiger partial charge in [-0.25, -0.2) is 4.98 Å². The zero-order valence-corrected chi connectivity index (χ0v) is 14.0. The molecule has 0 saturated carbocycles. The van der Waals surface area contributed by atoms with Crippen molar-refractivity contribution in [3.63, 3.8) is 0 Å². The molecule has 2 aliphatic heterocycles. The van der Waals surface area contributed by atoms with Crippen molar-refractivity contribution in [2.45, 2.75) is 51.0 Å². The largest absolute Gasteiger partial charge is 0.365 e. The first-order chi connectivity index (χ1) is 11.6. The van der Waals surface area contributed by atoms with E-state index in [0.29, 0.717) is 23.9 Å². The Kier molecular flexibility index (Phi) is 3.90. The van der Waals surface area contributed by atoms with Crippen molar-refractivity contribution in [3.05, 3.63) is 22.9 Å². The van der Waals surface area contributed by atoms with Crippen LogP contribution >= 0.6 is 0 Å². The fourth-order valence-electron chi connectivity index (χ4n) is 4.33. The Labute approximate surface area is 142 Å². The highest BCUT2D eigenvalue weighted by atomic mass is 16.2. The lowest BCUT2D eigenvalue weighted by Crippen LogP contribution is -2.46. The number of amides is 2. The van der Waals surface area contributed by atoms with Gasteiger partial charge in [-0.2, -0.15) is 0 Å². The smallest absolute Gasteiger partial charge is 0.252 e. The molecule has 6 heteroatoms. The number of hydrogen-bond acceptors (Lipinski definition) is 4. The minimum Gasteiger partial charge on any atom is -0.365 e. The number of hydrogen-bond donors (Lipinski definition) is 1. The highest BCUT2D eigenvalue weighted by Crippen LogP contribution is 2.30. The Balaban J connectivity index is 1.53. The summed E-state index contributed by atoms with van der Waals surface area (Å²) in [5, 5.41) is 0. The molecule has 2 saturated heterocycles. The summed E-state index contributed by atoms with van der Waals surface area (Å²) in [6.07, 6.45) is 6.62. The quantitative estimate of drug-likeness (QED) is 0.906. The molecule has 0 unspecified atom stereocenters. The summed E-state index contributed by atoms with van der Waals surface area (Å²) in [7, 11) is 0. The molecular formula is C18H24N4O2. The highest BCUT2D eigenvalue weighted by Gasteiger charge is 2.32. The lowest BCUT2D eigenvalue weighted by molar-refractivity contribution is -0.130. The first-order valence-electron chi connectivity index (χ1n) is 9.00. The van der Waals surface area contributed by atoms with E-state index in [0.717, 1.165) is 69.7 Å². The van der Waals surface area contributed by atoms with Crippen molar-refractivity contribution in [1.29, 1.82) is 0 Å². The lowest BCUT2D eigenvalue weighted by atomic mass is 10.0. The molecule has 0 radical (unpaired) electrons. The third-order valence-corrected chi connectivity index (χ3v) is 5.61. The number of piperidine rings is 1. The van der Waals surface area contributed by atoms with Crippen LogP contribution in [0.4, 0.5) is 5.82 Å². The number of nitrogens with zero attached hydrogens (tertiary/aromatic N) is 3. The van der Waals surface area contributed by atoms with Gasteiger partial charge in [0.1, 0.15) is 5.82 Å². The molecule has 6 nitrogen and oxygen atoms in total. The molecule has 24 heavy (non-hydrogen) atoms. The first kappa shape index (κ1) is 15.4. The van der Waals surface area contributed by atoms with E-state index in [2.05, 4.69) is 4.90 Å². The van der Waals surface area contributed by atoms with Gasteiger partial charge in [-0.05, 0) is 50.2 Å². The second-order valence-electron chi connectivity index (χ2n) is 7.09. The number of primary amides is 1. The van der Waals surface area contributed by atoms with Crippen LogP contribution in [0.1, 0.15) is 53.7 Å². The fourth-order valence-corrected chi connectivity index (χ4v) is 4.33. The van der Waals surface area contributed by atoms with Crippen molar-refractivity contribution in [3.8, 4) is 0 Å². The molecule has 2 fully saturated rings. The Hall–Kier alpha value is -2.11. The van der Waals surface area contributed by atoms with Gasteiger partial charge in [-0.15, -0.1) is 0 Å². The Morgan fingerprint density at radius 2 is 1.92 bits per heavy atom. The molecule has 0 spiro atoms. The topological polar surface area (TPSA) is 79.5 Å². The predicted molar refractivity (Wildman–Crippen MR) is 91.0 cm³/mol. The van der Waals surface area contributed by atoms with E-state index in [-0.39, 0.29) is 0 Å². The zero-order valence-electron chi connectivity index (χ0n) is 14.0. The van der Waals surface area contributed by atoms with Crippen LogP contribution in [0, 0.1) is 0 Å². The van der Waals surface area contributed by atoms with Crippen LogP contribution in [0.2, 0.25) is 0 Å². The Morgan fingerprint density at radius 1 is 1.12 bits per heavy atom. The number of carbonyl (C=O) groups excluding carboxylic acids is 2. The van der Waals surface area contributed by atoms with Crippen molar-refractivity contribution >= 4 is 17.6 Å². The van der Waals surface area contributed by atoms with Crippen molar-refractivity contribution in [1.82, 2.24) is 9.88 Å². The molecule has 1 aromatic rings. The number of nitrogens with two attached hydrogens (primary N) is 1.